The van der Waals surface area contributed by atoms with Crippen LogP contribution in [0, 0.1) is 12.8 Å². The zero-order chi connectivity index (χ0) is 23.9. The van der Waals surface area contributed by atoms with Crippen LogP contribution in [0.25, 0.3) is 0 Å². The van der Waals surface area contributed by atoms with Gasteiger partial charge in [0, 0.05) is 37.6 Å². The van der Waals surface area contributed by atoms with Crippen molar-refractivity contribution in [1.82, 2.24) is 15.3 Å². The van der Waals surface area contributed by atoms with Crippen LogP contribution in [-0.2, 0) is 11.3 Å². The van der Waals surface area contributed by atoms with Crippen molar-refractivity contribution < 1.29 is 19.0 Å². The molecule has 0 saturated carbocycles. The van der Waals surface area contributed by atoms with E-state index in [-0.39, 0.29) is 11.8 Å². The summed E-state index contributed by atoms with van der Waals surface area (Å²) in [4.78, 5) is 24.0. The molecule has 8 heteroatoms. The van der Waals surface area contributed by atoms with E-state index in [1.807, 2.05) is 49.4 Å². The van der Waals surface area contributed by atoms with Gasteiger partial charge in [-0.05, 0) is 50.1 Å². The molecule has 178 valence electrons. The van der Waals surface area contributed by atoms with E-state index < -0.39 is 0 Å². The number of benzene rings is 2. The molecule has 1 atom stereocenters. The second kappa shape index (κ2) is 10.9. The van der Waals surface area contributed by atoms with Crippen LogP contribution in [0.2, 0.25) is 0 Å². The zero-order valence-electron chi connectivity index (χ0n) is 19.8. The van der Waals surface area contributed by atoms with Gasteiger partial charge in [-0.2, -0.15) is 0 Å². The van der Waals surface area contributed by atoms with E-state index in [4.69, 9.17) is 14.2 Å². The van der Waals surface area contributed by atoms with Gasteiger partial charge in [0.1, 0.15) is 17.2 Å². The van der Waals surface area contributed by atoms with Gasteiger partial charge in [0.2, 0.25) is 5.91 Å². The molecule has 1 amide bonds. The summed E-state index contributed by atoms with van der Waals surface area (Å²) in [7, 11) is 3.23. The molecule has 1 aromatic heterocycles. The largest absolute Gasteiger partial charge is 0.497 e. The van der Waals surface area contributed by atoms with E-state index in [0.717, 1.165) is 36.3 Å². The molecule has 8 nitrogen and oxygen atoms in total. The lowest BCUT2D eigenvalue weighted by Crippen LogP contribution is -2.43. The molecule has 2 aromatic carbocycles. The lowest BCUT2D eigenvalue weighted by Gasteiger charge is -2.33. The summed E-state index contributed by atoms with van der Waals surface area (Å²) in [6, 6.07) is 13.3. The zero-order valence-corrected chi connectivity index (χ0v) is 19.8. The second-order valence-corrected chi connectivity index (χ2v) is 8.28. The Labute approximate surface area is 199 Å². The molecule has 1 aliphatic heterocycles. The van der Waals surface area contributed by atoms with Crippen molar-refractivity contribution in [3.8, 4) is 23.1 Å². The number of methoxy groups -OCH3 is 2. The minimum absolute atomic E-state index is 0.000494. The van der Waals surface area contributed by atoms with E-state index in [9.17, 15) is 4.79 Å². The van der Waals surface area contributed by atoms with E-state index in [2.05, 4.69) is 20.2 Å². The van der Waals surface area contributed by atoms with Gasteiger partial charge in [-0.1, -0.05) is 17.7 Å². The Kier molecular flexibility index (Phi) is 7.47. The molecular weight excluding hydrogens is 432 g/mol. The normalized spacial score (nSPS) is 15.5. The maximum atomic E-state index is 13.0. The van der Waals surface area contributed by atoms with Crippen molar-refractivity contribution in [3.63, 3.8) is 0 Å². The number of nitrogens with one attached hydrogen (secondary N) is 1. The van der Waals surface area contributed by atoms with Gasteiger partial charge in [-0.15, -0.1) is 0 Å². The molecule has 34 heavy (non-hydrogen) atoms. The van der Waals surface area contributed by atoms with Crippen molar-refractivity contribution in [2.24, 2.45) is 5.92 Å². The molecule has 0 unspecified atom stereocenters. The summed E-state index contributed by atoms with van der Waals surface area (Å²) in [5.74, 6) is 3.05. The van der Waals surface area contributed by atoms with E-state index in [0.29, 0.717) is 36.3 Å². The number of nitrogens with zero attached hydrogens (tertiary/aromatic N) is 3. The summed E-state index contributed by atoms with van der Waals surface area (Å²) in [5.41, 5.74) is 2.02. The van der Waals surface area contributed by atoms with E-state index >= 15 is 0 Å². The molecule has 1 aliphatic rings. The average molecular weight is 463 g/mol. The van der Waals surface area contributed by atoms with Crippen molar-refractivity contribution in [2.45, 2.75) is 26.3 Å². The third kappa shape index (κ3) is 5.57. The summed E-state index contributed by atoms with van der Waals surface area (Å²) in [5, 5.41) is 3.06. The molecule has 0 aliphatic carbocycles. The Morgan fingerprint density at radius 3 is 2.59 bits per heavy atom. The number of hydrogen-bond acceptors (Lipinski definition) is 7. The first-order valence-corrected chi connectivity index (χ1v) is 11.4. The fourth-order valence-corrected chi connectivity index (χ4v) is 4.06. The molecule has 1 N–H and O–H groups in total. The highest BCUT2D eigenvalue weighted by Crippen LogP contribution is 2.31. The molecule has 1 saturated heterocycles. The van der Waals surface area contributed by atoms with Gasteiger partial charge in [0.15, 0.2) is 5.82 Å². The van der Waals surface area contributed by atoms with Gasteiger partial charge in [0.25, 0.3) is 5.88 Å². The summed E-state index contributed by atoms with van der Waals surface area (Å²) >= 11 is 0. The molecule has 0 bridgehead atoms. The van der Waals surface area contributed by atoms with Gasteiger partial charge in [-0.25, -0.2) is 9.97 Å². The van der Waals surface area contributed by atoms with Crippen molar-refractivity contribution in [3.05, 3.63) is 66.0 Å². The van der Waals surface area contributed by atoms with Crippen molar-refractivity contribution >= 4 is 11.7 Å². The number of aromatic nitrogens is 2. The predicted octanol–water partition coefficient (Wildman–Crippen LogP) is 4.13. The van der Waals surface area contributed by atoms with Crippen LogP contribution in [0.1, 0.15) is 24.0 Å². The molecule has 4 rings (SSSR count). The molecule has 0 radical (unpaired) electrons. The number of amides is 1. The standard InChI is InChI=1S/C26H30N4O4/c1-18-6-8-21(9-7-18)34-26-24(27-12-13-28-26)30-14-4-5-19(17-30)25(31)29-16-20-15-22(32-2)10-11-23(20)33-3/h6-13,15,19H,4-5,14,16-17H2,1-3H3,(H,29,31)/t19-/m0/s1. The number of carbonyl (C=O) groups is 1. The highest BCUT2D eigenvalue weighted by atomic mass is 16.5. The van der Waals surface area contributed by atoms with E-state index in [1.54, 1.807) is 26.6 Å². The fraction of sp³-hybridized carbons (Fsp3) is 0.346. The Hall–Kier alpha value is -3.81. The number of rotatable bonds is 8. The average Bonchev–Trinajstić information content (AvgIpc) is 2.88. The molecule has 3 aromatic rings. The molecular formula is C26H30N4O4. The minimum Gasteiger partial charge on any atom is -0.497 e. The number of hydrogen-bond donors (Lipinski definition) is 1. The second-order valence-electron chi connectivity index (χ2n) is 8.28. The third-order valence-electron chi connectivity index (χ3n) is 5.91. The first kappa shape index (κ1) is 23.4. The maximum Gasteiger partial charge on any atom is 0.263 e. The van der Waals surface area contributed by atoms with Crippen LogP contribution < -0.4 is 24.4 Å². The first-order chi connectivity index (χ1) is 16.6. The predicted molar refractivity (Wildman–Crippen MR) is 130 cm³/mol. The SMILES string of the molecule is COc1ccc(OC)c(CNC(=O)[C@H]2CCCN(c3nccnc3Oc3ccc(C)cc3)C2)c1. The van der Waals surface area contributed by atoms with Crippen LogP contribution in [0.3, 0.4) is 0 Å². The monoisotopic (exact) mass is 462 g/mol. The number of aryl methyl sites for hydroxylation is 1. The van der Waals surface area contributed by atoms with Crippen molar-refractivity contribution in [1.29, 1.82) is 0 Å². The smallest absolute Gasteiger partial charge is 0.263 e. The number of anilines is 1. The summed E-state index contributed by atoms with van der Waals surface area (Å²) in [6.07, 6.45) is 4.95. The number of carbonyl (C=O) groups excluding carboxylic acids is 1. The Morgan fingerprint density at radius 1 is 1.06 bits per heavy atom. The highest BCUT2D eigenvalue weighted by molar-refractivity contribution is 5.79. The summed E-state index contributed by atoms with van der Waals surface area (Å²) in [6.45, 7) is 3.73. The minimum atomic E-state index is -0.167. The molecule has 1 fully saturated rings. The van der Waals surface area contributed by atoms with E-state index in [1.165, 1.54) is 0 Å². The van der Waals surface area contributed by atoms with Crippen LogP contribution >= 0.6 is 0 Å². The highest BCUT2D eigenvalue weighted by Gasteiger charge is 2.28. The lowest BCUT2D eigenvalue weighted by molar-refractivity contribution is -0.125. The molecule has 2 heterocycles. The van der Waals surface area contributed by atoms with Crippen LogP contribution in [-0.4, -0.2) is 43.2 Å². The molecule has 0 spiro atoms. The van der Waals surface area contributed by atoms with Crippen molar-refractivity contribution in [2.75, 3.05) is 32.2 Å². The number of ether oxygens (including phenoxy) is 3. The van der Waals surface area contributed by atoms with Gasteiger partial charge in [0.05, 0.1) is 20.1 Å². The third-order valence-corrected chi connectivity index (χ3v) is 5.91. The van der Waals surface area contributed by atoms with Gasteiger partial charge >= 0.3 is 0 Å². The van der Waals surface area contributed by atoms with Gasteiger partial charge in [-0.3, -0.25) is 4.79 Å². The Morgan fingerprint density at radius 2 is 1.82 bits per heavy atom. The van der Waals surface area contributed by atoms with Crippen LogP contribution in [0.4, 0.5) is 5.82 Å². The Bertz CT molecular complexity index is 1120. The lowest BCUT2D eigenvalue weighted by atomic mass is 9.97. The fourth-order valence-electron chi connectivity index (χ4n) is 4.06. The summed E-state index contributed by atoms with van der Waals surface area (Å²) < 4.78 is 16.7. The van der Waals surface area contributed by atoms with Crippen LogP contribution in [0.5, 0.6) is 23.1 Å². The quantitative estimate of drug-likeness (QED) is 0.539. The topological polar surface area (TPSA) is 85.8 Å². The maximum absolute atomic E-state index is 13.0. The number of piperidine rings is 1. The van der Waals surface area contributed by atoms with Gasteiger partial charge < -0.3 is 24.4 Å². The van der Waals surface area contributed by atoms with Crippen LogP contribution in [0.15, 0.2) is 54.9 Å². The first-order valence-electron chi connectivity index (χ1n) is 11.4. The Balaban J connectivity index is 1.43.